The molecular formula is C95H110F6O18S4. The fourth-order valence-corrected chi connectivity index (χ4v) is 31.8. The summed E-state index contributed by atoms with van der Waals surface area (Å²) < 4.78 is 180. The number of para-hydroxylation sites is 4. The van der Waals surface area contributed by atoms with E-state index in [4.69, 9.17) is 37.9 Å². The van der Waals surface area contributed by atoms with Gasteiger partial charge in [-0.2, -0.15) is 26.3 Å². The maximum absolute atomic E-state index is 13.4. The number of hydrogen-bond donors (Lipinski definition) is 0. The molecule has 0 amide bonds. The Balaban J connectivity index is 0.000000154. The first-order valence-corrected chi connectivity index (χ1v) is 48.9. The predicted octanol–water partition coefficient (Wildman–Crippen LogP) is 20.4. The van der Waals surface area contributed by atoms with Crippen LogP contribution in [-0.2, 0) is 80.2 Å². The summed E-state index contributed by atoms with van der Waals surface area (Å²) in [5.41, 5.74) is 0.368. The number of ether oxygens (including phenoxy) is 8. The van der Waals surface area contributed by atoms with Gasteiger partial charge in [0.1, 0.15) is 21.8 Å². The summed E-state index contributed by atoms with van der Waals surface area (Å²) in [6.07, 6.45) is 27.5. The molecule has 12 atom stereocenters. The smallest absolute Gasteiger partial charge is 0.403 e. The first-order chi connectivity index (χ1) is 58.5. The number of alkyl halides is 6. The van der Waals surface area contributed by atoms with Gasteiger partial charge in [-0.25, -0.2) is 16.8 Å². The summed E-state index contributed by atoms with van der Waals surface area (Å²) in [4.78, 5) is 59.5. The van der Waals surface area contributed by atoms with E-state index >= 15 is 0 Å². The molecule has 16 bridgehead atoms. The third-order valence-electron chi connectivity index (χ3n) is 31.3. The fourth-order valence-electron chi connectivity index (χ4n) is 26.4. The van der Waals surface area contributed by atoms with Crippen LogP contribution in [0.1, 0.15) is 182 Å². The van der Waals surface area contributed by atoms with E-state index in [1.807, 2.05) is 109 Å². The van der Waals surface area contributed by atoms with Gasteiger partial charge >= 0.3 is 40.3 Å². The molecule has 0 radical (unpaired) electrons. The molecule has 0 N–H and O–H groups in total. The molecule has 0 aliphatic heterocycles. The molecule has 16 aliphatic rings. The van der Waals surface area contributed by atoms with Crippen molar-refractivity contribution in [2.24, 2.45) is 116 Å². The molecular weight excluding hydrogens is 1670 g/mol. The Morgan fingerprint density at radius 2 is 0.520 bits per heavy atom. The van der Waals surface area contributed by atoms with E-state index in [9.17, 15) is 71.5 Å². The first-order valence-electron chi connectivity index (χ1n) is 43.7. The largest absolute Gasteiger partial charge is 0.743 e. The Labute approximate surface area is 722 Å². The van der Waals surface area contributed by atoms with Crippen LogP contribution in [0.5, 0.6) is 23.0 Å². The van der Waals surface area contributed by atoms with E-state index in [1.54, 1.807) is 0 Å². The summed E-state index contributed by atoms with van der Waals surface area (Å²) in [6, 6.07) is 52.7. The van der Waals surface area contributed by atoms with Crippen LogP contribution >= 0.6 is 0 Å². The van der Waals surface area contributed by atoms with Crippen LogP contribution in [0.2, 0.25) is 0 Å². The minimum absolute atomic E-state index is 0.0921. The van der Waals surface area contributed by atoms with Crippen LogP contribution in [-0.4, -0.2) is 93.4 Å². The Hall–Kier alpha value is -7.50. The van der Waals surface area contributed by atoms with Gasteiger partial charge in [0.2, 0.25) is 46.8 Å². The van der Waals surface area contributed by atoms with E-state index in [1.165, 1.54) is 128 Å². The maximum Gasteiger partial charge on any atom is 0.403 e. The maximum atomic E-state index is 13.4. The zero-order valence-electron chi connectivity index (χ0n) is 69.8. The topological polar surface area (TPSA) is 257 Å². The van der Waals surface area contributed by atoms with E-state index in [0.29, 0.717) is 72.4 Å². The van der Waals surface area contributed by atoms with Crippen LogP contribution in [0.25, 0.3) is 0 Å². The van der Waals surface area contributed by atoms with Crippen molar-refractivity contribution >= 4 is 65.9 Å². The summed E-state index contributed by atoms with van der Waals surface area (Å²) in [5, 5.41) is -13.9. The van der Waals surface area contributed by atoms with Gasteiger partial charge in [0.15, 0.2) is 53.0 Å². The van der Waals surface area contributed by atoms with Crippen molar-refractivity contribution in [2.75, 3.05) is 27.2 Å². The highest BCUT2D eigenvalue weighted by Gasteiger charge is 2.78. The summed E-state index contributed by atoms with van der Waals surface area (Å²) in [5.74, 6) is 6.50. The van der Waals surface area contributed by atoms with E-state index in [0.717, 1.165) is 100 Å². The normalized spacial score (nSPS) is 32.5. The van der Waals surface area contributed by atoms with Gasteiger partial charge in [-0.3, -0.25) is 19.2 Å². The van der Waals surface area contributed by atoms with Gasteiger partial charge in [-0.05, 0) is 318 Å². The minimum Gasteiger partial charge on any atom is -0.743 e. The highest BCUT2D eigenvalue weighted by atomic mass is 32.2. The van der Waals surface area contributed by atoms with Gasteiger partial charge in [0.05, 0.1) is 25.7 Å². The van der Waals surface area contributed by atoms with Crippen molar-refractivity contribution in [1.29, 1.82) is 0 Å². The quantitative estimate of drug-likeness (QED) is 0.0101. The van der Waals surface area contributed by atoms with Crippen molar-refractivity contribution in [3.8, 4) is 23.0 Å². The van der Waals surface area contributed by atoms with Crippen molar-refractivity contribution in [2.45, 2.75) is 228 Å². The van der Waals surface area contributed by atoms with Crippen LogP contribution in [0, 0.1) is 116 Å². The molecule has 16 fully saturated rings. The SMILES string of the molecule is CC1C2CC3CC(C2)CC1(CC(=O)OCOc1ccccc1[S+](c1ccccc1)c1ccccc1OCOC(=O)CC12CC4CC(CC(C4)C1C)C2)C3.CC1C2CC3CC(C2)CC1(CC(=O)OCOc1ccccc1[S+](c1ccccc1)c1ccccc1OCOC(=O)CC12CC4CC(CC(C4)C1C)C2)C3.O=S(=O)([O-])C(F)(F)C(F)(F)C(F)(F)S(=O)(=O)[O-]. The molecule has 6 aromatic carbocycles. The monoisotopic (exact) mass is 1780 g/mol. The Morgan fingerprint density at radius 3 is 0.724 bits per heavy atom. The molecule has 16 saturated carbocycles. The summed E-state index contributed by atoms with van der Waals surface area (Å²) in [7, 11) is -15.9. The molecule has 6 aromatic rings. The molecule has 0 heterocycles. The second-order valence-corrected chi connectivity index (χ2v) is 45.2. The van der Waals surface area contributed by atoms with E-state index < -0.39 is 58.5 Å². The molecule has 0 saturated heterocycles. The lowest BCUT2D eigenvalue weighted by molar-refractivity contribution is -0.247. The fraction of sp³-hybridized carbons (Fsp3) is 0.579. The average molecular weight is 1780 g/mol. The number of carbonyl (C=O) groups is 4. The molecule has 123 heavy (non-hydrogen) atoms. The third-order valence-corrected chi connectivity index (χ3v) is 37.7. The van der Waals surface area contributed by atoms with Crippen molar-refractivity contribution in [1.82, 2.24) is 0 Å². The van der Waals surface area contributed by atoms with E-state index in [-0.39, 0.29) is 72.7 Å². The molecule has 18 nitrogen and oxygen atoms in total. The number of esters is 4. The van der Waals surface area contributed by atoms with Crippen LogP contribution in [0.3, 0.4) is 0 Å². The number of halogens is 6. The van der Waals surface area contributed by atoms with Crippen LogP contribution in [0.4, 0.5) is 26.3 Å². The first kappa shape index (κ1) is 88.9. The lowest BCUT2D eigenvalue weighted by Gasteiger charge is -2.60. The Morgan fingerprint density at radius 1 is 0.325 bits per heavy atom. The molecule has 12 unspecified atom stereocenters. The van der Waals surface area contributed by atoms with Crippen molar-refractivity contribution in [3.63, 3.8) is 0 Å². The second kappa shape index (κ2) is 35.3. The molecule has 16 aliphatic carbocycles. The van der Waals surface area contributed by atoms with Crippen molar-refractivity contribution < 1.29 is 109 Å². The minimum atomic E-state index is -7.32. The van der Waals surface area contributed by atoms with Gasteiger partial charge in [0.25, 0.3) is 0 Å². The predicted molar refractivity (Wildman–Crippen MR) is 443 cm³/mol. The number of hydrogen-bond acceptors (Lipinski definition) is 18. The number of benzene rings is 6. The molecule has 0 spiro atoms. The van der Waals surface area contributed by atoms with E-state index in [2.05, 4.69) is 76.2 Å². The molecule has 0 aromatic heterocycles. The van der Waals surface area contributed by atoms with Gasteiger partial charge in [0, 0.05) is 0 Å². The lowest BCUT2D eigenvalue weighted by atomic mass is 9.45. The molecule has 664 valence electrons. The number of carbonyl (C=O) groups excluding carboxylic acids is 4. The summed E-state index contributed by atoms with van der Waals surface area (Å²) in [6.45, 7) is 9.01. The average Bonchev–Trinajstić information content (AvgIpc) is 0.749. The van der Waals surface area contributed by atoms with Crippen LogP contribution in [0.15, 0.2) is 187 Å². The lowest BCUT2D eigenvalue weighted by Crippen LogP contribution is -2.60. The van der Waals surface area contributed by atoms with Crippen LogP contribution < -0.4 is 18.9 Å². The standard InChI is InChI=1S/2C46H55O6S.C3H2F6O6S2/c2*1-30-36-18-32-16-33(19-36)23-45(30,22-32)26-43(47)51-28-49-39-12-6-8-14-41(39)53(38-10-4-3-5-11-38)42-15-9-7-13-40(42)50-29-52-44(48)27-46-24-34-17-35(25-46)21-37(20-34)31(46)2;4-1(5,2(6,7)16(10,11)12)3(8,9)17(13,14)15/h2*3-15,30-37H,16-29H2,1-2H3;(H,10,11,12)(H,13,14,15)/q2*+1;/p-2. The van der Waals surface area contributed by atoms with Gasteiger partial charge in [-0.1, -0.05) is 113 Å². The molecule has 22 rings (SSSR count). The third kappa shape index (κ3) is 17.9. The molecule has 28 heteroatoms. The zero-order valence-corrected chi connectivity index (χ0v) is 73.1. The highest BCUT2D eigenvalue weighted by Crippen LogP contribution is 2.68. The van der Waals surface area contributed by atoms with Crippen molar-refractivity contribution in [3.05, 3.63) is 158 Å². The van der Waals surface area contributed by atoms with Gasteiger partial charge in [-0.15, -0.1) is 0 Å². The number of rotatable bonds is 30. The van der Waals surface area contributed by atoms with Gasteiger partial charge < -0.3 is 47.0 Å². The Kier molecular flexibility index (Phi) is 25.5. The summed E-state index contributed by atoms with van der Waals surface area (Å²) >= 11 is 0. The Bertz CT molecular complexity index is 4470. The zero-order chi connectivity index (χ0) is 86.8. The highest BCUT2D eigenvalue weighted by molar-refractivity contribution is 7.97. The second-order valence-electron chi connectivity index (χ2n) is 38.4.